The Balaban J connectivity index is 2.45. The van der Waals surface area contributed by atoms with Gasteiger partial charge in [0, 0.05) is 39.3 Å². The molecule has 0 amide bonds. The molecule has 1 aliphatic heterocycles. The van der Waals surface area contributed by atoms with Crippen molar-refractivity contribution < 1.29 is 13.5 Å². The summed E-state index contributed by atoms with van der Waals surface area (Å²) in [5, 5.41) is 9.76. The fourth-order valence-corrected chi connectivity index (χ4v) is 3.41. The molecule has 0 aromatic rings. The van der Waals surface area contributed by atoms with Gasteiger partial charge in [-0.1, -0.05) is 13.8 Å². The third kappa shape index (κ3) is 6.18. The van der Waals surface area contributed by atoms with Crippen molar-refractivity contribution in [2.45, 2.75) is 33.3 Å². The number of rotatable bonds is 6. The molecule has 0 unspecified atom stereocenters. The number of piperazine rings is 1. The highest BCUT2D eigenvalue weighted by molar-refractivity contribution is 7.87. The van der Waals surface area contributed by atoms with Gasteiger partial charge in [0.15, 0.2) is 0 Å². The van der Waals surface area contributed by atoms with Crippen molar-refractivity contribution in [3.05, 3.63) is 0 Å². The van der Waals surface area contributed by atoms with Crippen LogP contribution in [0.15, 0.2) is 0 Å². The Morgan fingerprint density at radius 1 is 1.21 bits per heavy atom. The number of nitrogens with one attached hydrogen (secondary N) is 1. The molecular weight excluding hydrogens is 266 g/mol. The van der Waals surface area contributed by atoms with Gasteiger partial charge in [0.25, 0.3) is 10.2 Å². The molecule has 0 aromatic carbocycles. The number of β-amino-alcohol motifs (C(OH)–C–C–N with tert-alkyl or cyclic N) is 1. The van der Waals surface area contributed by atoms with E-state index in [0.717, 1.165) is 0 Å². The van der Waals surface area contributed by atoms with E-state index in [1.807, 2.05) is 13.8 Å². The first-order valence-electron chi connectivity index (χ1n) is 6.79. The highest BCUT2D eigenvalue weighted by Crippen LogP contribution is 2.10. The van der Waals surface area contributed by atoms with Gasteiger partial charge in [-0.25, -0.2) is 4.72 Å². The maximum Gasteiger partial charge on any atom is 0.279 e. The molecule has 19 heavy (non-hydrogen) atoms. The minimum atomic E-state index is -3.35. The van der Waals surface area contributed by atoms with E-state index < -0.39 is 15.8 Å². The van der Waals surface area contributed by atoms with E-state index in [1.54, 1.807) is 13.8 Å². The van der Waals surface area contributed by atoms with Gasteiger partial charge in [0.05, 0.1) is 5.60 Å². The molecule has 1 heterocycles. The second kappa shape index (κ2) is 6.49. The number of hydrogen-bond acceptors (Lipinski definition) is 4. The summed E-state index contributed by atoms with van der Waals surface area (Å²) in [4.78, 5) is 2.09. The van der Waals surface area contributed by atoms with Crippen LogP contribution in [0.5, 0.6) is 0 Å². The fraction of sp³-hybridized carbons (Fsp3) is 1.00. The molecule has 0 radical (unpaired) electrons. The van der Waals surface area contributed by atoms with Gasteiger partial charge in [0.2, 0.25) is 0 Å². The van der Waals surface area contributed by atoms with Crippen LogP contribution >= 0.6 is 0 Å². The number of nitrogens with zero attached hydrogens (tertiary/aromatic N) is 2. The highest BCUT2D eigenvalue weighted by atomic mass is 32.2. The molecule has 0 aliphatic carbocycles. The van der Waals surface area contributed by atoms with Gasteiger partial charge >= 0.3 is 0 Å². The van der Waals surface area contributed by atoms with Crippen LogP contribution in [0, 0.1) is 5.92 Å². The van der Waals surface area contributed by atoms with E-state index in [1.165, 1.54) is 4.31 Å². The molecular formula is C12H27N3O3S. The number of hydrogen-bond donors (Lipinski definition) is 2. The van der Waals surface area contributed by atoms with Crippen LogP contribution in [0.2, 0.25) is 0 Å². The molecule has 0 atom stereocenters. The van der Waals surface area contributed by atoms with Crippen LogP contribution in [0.25, 0.3) is 0 Å². The van der Waals surface area contributed by atoms with Gasteiger partial charge in [0.1, 0.15) is 0 Å². The molecule has 0 spiro atoms. The lowest BCUT2D eigenvalue weighted by atomic mass is 10.1. The van der Waals surface area contributed by atoms with Crippen molar-refractivity contribution >= 4 is 10.2 Å². The molecule has 1 aliphatic rings. The first-order chi connectivity index (χ1) is 8.60. The molecule has 6 nitrogen and oxygen atoms in total. The third-order valence-corrected chi connectivity index (χ3v) is 4.53. The molecule has 1 saturated heterocycles. The van der Waals surface area contributed by atoms with Crippen LogP contribution in [-0.2, 0) is 10.2 Å². The zero-order valence-electron chi connectivity index (χ0n) is 12.4. The third-order valence-electron chi connectivity index (χ3n) is 2.96. The molecule has 2 N–H and O–H groups in total. The summed E-state index contributed by atoms with van der Waals surface area (Å²) in [5.41, 5.74) is -0.739. The lowest BCUT2D eigenvalue weighted by Crippen LogP contribution is -2.54. The van der Waals surface area contributed by atoms with E-state index in [2.05, 4.69) is 9.62 Å². The summed E-state index contributed by atoms with van der Waals surface area (Å²) >= 11 is 0. The maximum absolute atomic E-state index is 12.0. The smallest absolute Gasteiger partial charge is 0.279 e. The van der Waals surface area contributed by atoms with E-state index in [0.29, 0.717) is 45.2 Å². The van der Waals surface area contributed by atoms with Gasteiger partial charge < -0.3 is 5.11 Å². The summed E-state index contributed by atoms with van der Waals surface area (Å²) in [6.07, 6.45) is 0. The van der Waals surface area contributed by atoms with Crippen molar-refractivity contribution in [3.8, 4) is 0 Å². The minimum absolute atomic E-state index is 0.297. The lowest BCUT2D eigenvalue weighted by Gasteiger charge is -2.36. The highest BCUT2D eigenvalue weighted by Gasteiger charge is 2.28. The van der Waals surface area contributed by atoms with E-state index in [4.69, 9.17) is 0 Å². The maximum atomic E-state index is 12.0. The van der Waals surface area contributed by atoms with Crippen molar-refractivity contribution in [2.24, 2.45) is 5.92 Å². The predicted molar refractivity (Wildman–Crippen MR) is 76.1 cm³/mol. The second-order valence-electron chi connectivity index (χ2n) is 6.23. The van der Waals surface area contributed by atoms with Crippen molar-refractivity contribution in [3.63, 3.8) is 0 Å². The van der Waals surface area contributed by atoms with E-state index >= 15 is 0 Å². The van der Waals surface area contributed by atoms with Gasteiger partial charge in [-0.2, -0.15) is 12.7 Å². The van der Waals surface area contributed by atoms with Crippen LogP contribution in [0.4, 0.5) is 0 Å². The molecule has 0 aromatic heterocycles. The molecule has 7 heteroatoms. The van der Waals surface area contributed by atoms with E-state index in [9.17, 15) is 13.5 Å². The van der Waals surface area contributed by atoms with E-state index in [-0.39, 0.29) is 0 Å². The SMILES string of the molecule is CC(C)CNS(=O)(=O)N1CCN(CC(C)(C)O)CC1. The van der Waals surface area contributed by atoms with Gasteiger partial charge in [-0.15, -0.1) is 0 Å². The first-order valence-corrected chi connectivity index (χ1v) is 8.23. The average Bonchev–Trinajstić information content (AvgIpc) is 2.25. The molecule has 0 saturated carbocycles. The summed E-state index contributed by atoms with van der Waals surface area (Å²) in [7, 11) is -3.35. The summed E-state index contributed by atoms with van der Waals surface area (Å²) in [6.45, 7) is 10.8. The monoisotopic (exact) mass is 293 g/mol. The van der Waals surface area contributed by atoms with Gasteiger partial charge in [-0.05, 0) is 19.8 Å². The predicted octanol–water partition coefficient (Wildman–Crippen LogP) is -0.135. The zero-order valence-corrected chi connectivity index (χ0v) is 13.2. The quantitative estimate of drug-likeness (QED) is 0.715. The first kappa shape index (κ1) is 16.8. The van der Waals surface area contributed by atoms with Crippen LogP contribution < -0.4 is 4.72 Å². The Kier molecular flexibility index (Phi) is 5.76. The molecule has 1 fully saturated rings. The molecule has 1 rings (SSSR count). The Bertz CT molecular complexity index is 368. The Morgan fingerprint density at radius 3 is 2.16 bits per heavy atom. The van der Waals surface area contributed by atoms with Crippen molar-refractivity contribution in [2.75, 3.05) is 39.3 Å². The lowest BCUT2D eigenvalue weighted by molar-refractivity contribution is 0.0262. The average molecular weight is 293 g/mol. The minimum Gasteiger partial charge on any atom is -0.389 e. The summed E-state index contributed by atoms with van der Waals surface area (Å²) in [6, 6.07) is 0. The normalized spacial score (nSPS) is 20.1. The Morgan fingerprint density at radius 2 is 1.74 bits per heavy atom. The van der Waals surface area contributed by atoms with Crippen LogP contribution in [0.3, 0.4) is 0 Å². The van der Waals surface area contributed by atoms with Crippen molar-refractivity contribution in [1.82, 2.24) is 13.9 Å². The standard InChI is InChI=1S/C12H27N3O3S/c1-11(2)9-13-19(17,18)15-7-5-14(6-8-15)10-12(3,4)16/h11,13,16H,5-10H2,1-4H3. The topological polar surface area (TPSA) is 72.9 Å². The van der Waals surface area contributed by atoms with Crippen molar-refractivity contribution in [1.29, 1.82) is 0 Å². The Labute approximate surface area is 117 Å². The van der Waals surface area contributed by atoms with Crippen LogP contribution in [0.1, 0.15) is 27.7 Å². The Hall–Kier alpha value is -0.210. The van der Waals surface area contributed by atoms with Gasteiger partial charge in [-0.3, -0.25) is 4.90 Å². The fourth-order valence-electron chi connectivity index (χ4n) is 2.04. The zero-order chi connectivity index (χ0) is 14.7. The largest absolute Gasteiger partial charge is 0.389 e. The number of aliphatic hydroxyl groups is 1. The summed E-state index contributed by atoms with van der Waals surface area (Å²) < 4.78 is 28.2. The molecule has 0 bridgehead atoms. The van der Waals surface area contributed by atoms with Crippen LogP contribution in [-0.4, -0.2) is 67.6 Å². The summed E-state index contributed by atoms with van der Waals surface area (Å²) in [5.74, 6) is 0.297. The second-order valence-corrected chi connectivity index (χ2v) is 7.99. The molecule has 114 valence electrons.